The van der Waals surface area contributed by atoms with E-state index < -0.39 is 23.3 Å². The average Bonchev–Trinajstić information content (AvgIpc) is 2.45. The van der Waals surface area contributed by atoms with E-state index in [0.717, 1.165) is 31.5 Å². The third-order valence-electron chi connectivity index (χ3n) is 2.78. The number of esters is 1. The van der Waals surface area contributed by atoms with Crippen LogP contribution in [-0.4, -0.2) is 29.1 Å². The molecule has 2 aromatic rings. The fraction of sp³-hybridized carbons (Fsp3) is 0.0714. The number of aromatic amines is 1. The lowest BCUT2D eigenvalue weighted by Gasteiger charge is -2.08. The van der Waals surface area contributed by atoms with Gasteiger partial charge >= 0.3 is 11.9 Å². The van der Waals surface area contributed by atoms with Gasteiger partial charge in [-0.15, -0.1) is 0 Å². The molecular formula is C14H10FNO5. The first-order valence-corrected chi connectivity index (χ1v) is 5.77. The molecule has 0 fully saturated rings. The normalized spacial score (nSPS) is 10.2. The predicted octanol–water partition coefficient (Wildman–Crippen LogP) is 1.67. The Morgan fingerprint density at radius 3 is 2.57 bits per heavy atom. The van der Waals surface area contributed by atoms with Gasteiger partial charge in [0.2, 0.25) is 5.56 Å². The van der Waals surface area contributed by atoms with Crippen molar-refractivity contribution in [2.45, 2.75) is 0 Å². The van der Waals surface area contributed by atoms with Crippen LogP contribution in [0.4, 0.5) is 4.39 Å². The van der Waals surface area contributed by atoms with Gasteiger partial charge in [0.1, 0.15) is 5.82 Å². The Morgan fingerprint density at radius 2 is 1.95 bits per heavy atom. The summed E-state index contributed by atoms with van der Waals surface area (Å²) < 4.78 is 18.1. The number of hydrogen-bond acceptors (Lipinski definition) is 4. The van der Waals surface area contributed by atoms with Crippen LogP contribution in [0.15, 0.2) is 35.3 Å². The summed E-state index contributed by atoms with van der Waals surface area (Å²) in [6.07, 6.45) is 1.15. The standard InChI is InChI=1S/C14H10FNO5/c1-21-14(20)8-2-7(3-9(15)4-8)11-6-16-12(17)5-10(11)13(18)19/h2-6H,1H3,(H,16,17)(H,18,19). The Labute approximate surface area is 117 Å². The number of ether oxygens (including phenoxy) is 1. The van der Waals surface area contributed by atoms with Gasteiger partial charge in [-0.05, 0) is 23.8 Å². The van der Waals surface area contributed by atoms with E-state index in [1.165, 1.54) is 6.07 Å². The molecule has 0 atom stereocenters. The zero-order valence-corrected chi connectivity index (χ0v) is 10.8. The molecule has 7 heteroatoms. The molecule has 1 heterocycles. The van der Waals surface area contributed by atoms with Crippen molar-refractivity contribution in [2.75, 3.05) is 7.11 Å². The van der Waals surface area contributed by atoms with E-state index in [2.05, 4.69) is 9.72 Å². The smallest absolute Gasteiger partial charge is 0.337 e. The molecule has 1 aromatic heterocycles. The molecule has 0 amide bonds. The minimum atomic E-state index is -1.33. The van der Waals surface area contributed by atoms with Crippen molar-refractivity contribution in [2.24, 2.45) is 0 Å². The van der Waals surface area contributed by atoms with Gasteiger partial charge in [-0.2, -0.15) is 0 Å². The maximum absolute atomic E-state index is 13.6. The molecule has 0 saturated heterocycles. The number of methoxy groups -OCH3 is 1. The number of nitrogens with one attached hydrogen (secondary N) is 1. The molecule has 0 unspecified atom stereocenters. The van der Waals surface area contributed by atoms with Gasteiger partial charge in [-0.1, -0.05) is 0 Å². The number of carbonyl (C=O) groups is 2. The van der Waals surface area contributed by atoms with Crippen LogP contribution >= 0.6 is 0 Å². The molecule has 2 N–H and O–H groups in total. The van der Waals surface area contributed by atoms with E-state index in [9.17, 15) is 18.8 Å². The second kappa shape index (κ2) is 5.58. The number of hydrogen-bond donors (Lipinski definition) is 2. The summed E-state index contributed by atoms with van der Waals surface area (Å²) in [7, 11) is 1.15. The van der Waals surface area contributed by atoms with Gasteiger partial charge in [0, 0.05) is 17.8 Å². The van der Waals surface area contributed by atoms with Crippen molar-refractivity contribution in [3.8, 4) is 11.1 Å². The number of carboxylic acid groups (broad SMARTS) is 1. The van der Waals surface area contributed by atoms with Crippen LogP contribution in [0.3, 0.4) is 0 Å². The molecule has 108 valence electrons. The summed E-state index contributed by atoms with van der Waals surface area (Å²) in [4.78, 5) is 36.1. The number of pyridine rings is 1. The third kappa shape index (κ3) is 2.97. The first kappa shape index (κ1) is 14.4. The number of benzene rings is 1. The SMILES string of the molecule is COC(=O)c1cc(F)cc(-c2c[nH]c(=O)cc2C(=O)O)c1. The number of aromatic nitrogens is 1. The van der Waals surface area contributed by atoms with Crippen molar-refractivity contribution in [3.05, 3.63) is 57.8 Å². The minimum Gasteiger partial charge on any atom is -0.478 e. The molecule has 6 nitrogen and oxygen atoms in total. The maximum atomic E-state index is 13.6. The number of rotatable bonds is 3. The molecule has 21 heavy (non-hydrogen) atoms. The Hall–Kier alpha value is -2.96. The summed E-state index contributed by atoms with van der Waals surface area (Å²) in [6, 6.07) is 4.21. The number of aromatic carboxylic acids is 1. The third-order valence-corrected chi connectivity index (χ3v) is 2.78. The van der Waals surface area contributed by atoms with Crippen LogP contribution in [0.2, 0.25) is 0 Å². The summed E-state index contributed by atoms with van der Waals surface area (Å²) in [5, 5.41) is 9.11. The number of carbonyl (C=O) groups excluding carboxylic acids is 1. The molecule has 1 aromatic carbocycles. The van der Waals surface area contributed by atoms with Crippen molar-refractivity contribution < 1.29 is 23.8 Å². The van der Waals surface area contributed by atoms with Crippen LogP contribution in [0.5, 0.6) is 0 Å². The van der Waals surface area contributed by atoms with Crippen LogP contribution < -0.4 is 5.56 Å². The largest absolute Gasteiger partial charge is 0.478 e. The van der Waals surface area contributed by atoms with Crippen molar-refractivity contribution >= 4 is 11.9 Å². The fourth-order valence-electron chi connectivity index (χ4n) is 1.87. The number of H-pyrrole nitrogens is 1. The van der Waals surface area contributed by atoms with E-state index in [1.807, 2.05) is 0 Å². The fourth-order valence-corrected chi connectivity index (χ4v) is 1.87. The molecular weight excluding hydrogens is 281 g/mol. The molecule has 0 aliphatic heterocycles. The Bertz CT molecular complexity index is 781. The second-order valence-electron chi connectivity index (χ2n) is 4.15. The summed E-state index contributed by atoms with van der Waals surface area (Å²) in [6.45, 7) is 0. The lowest BCUT2D eigenvalue weighted by atomic mass is 10.00. The molecule has 0 aliphatic carbocycles. The van der Waals surface area contributed by atoms with E-state index in [1.54, 1.807) is 0 Å². The van der Waals surface area contributed by atoms with Gasteiger partial charge in [-0.3, -0.25) is 4.79 Å². The molecule has 2 rings (SSSR count). The lowest BCUT2D eigenvalue weighted by molar-refractivity contribution is 0.0599. The van der Waals surface area contributed by atoms with Crippen LogP contribution in [0.25, 0.3) is 11.1 Å². The molecule has 0 bridgehead atoms. The van der Waals surface area contributed by atoms with E-state index >= 15 is 0 Å². The quantitative estimate of drug-likeness (QED) is 0.838. The number of carboxylic acids is 1. The molecule has 0 radical (unpaired) electrons. The first-order valence-electron chi connectivity index (χ1n) is 5.77. The van der Waals surface area contributed by atoms with Gasteiger partial charge in [-0.25, -0.2) is 14.0 Å². The minimum absolute atomic E-state index is 0.0601. The highest BCUT2D eigenvalue weighted by atomic mass is 19.1. The zero-order chi connectivity index (χ0) is 15.6. The van der Waals surface area contributed by atoms with Gasteiger partial charge in [0.25, 0.3) is 0 Å². The van der Waals surface area contributed by atoms with Crippen molar-refractivity contribution in [3.63, 3.8) is 0 Å². The average molecular weight is 291 g/mol. The first-order chi connectivity index (χ1) is 9.92. The zero-order valence-electron chi connectivity index (χ0n) is 10.8. The van der Waals surface area contributed by atoms with E-state index in [0.29, 0.717) is 0 Å². The van der Waals surface area contributed by atoms with Gasteiger partial charge in [0.15, 0.2) is 0 Å². The summed E-state index contributed by atoms with van der Waals surface area (Å²) >= 11 is 0. The Morgan fingerprint density at radius 1 is 1.24 bits per heavy atom. The van der Waals surface area contributed by atoms with E-state index in [-0.39, 0.29) is 22.3 Å². The molecule has 0 aliphatic rings. The Balaban J connectivity index is 2.67. The molecule has 0 saturated carbocycles. The highest BCUT2D eigenvalue weighted by Gasteiger charge is 2.16. The highest BCUT2D eigenvalue weighted by Crippen LogP contribution is 2.24. The van der Waals surface area contributed by atoms with Crippen molar-refractivity contribution in [1.82, 2.24) is 4.98 Å². The van der Waals surface area contributed by atoms with Crippen LogP contribution in [-0.2, 0) is 4.74 Å². The highest BCUT2D eigenvalue weighted by molar-refractivity contribution is 5.97. The predicted molar refractivity (Wildman–Crippen MR) is 70.8 cm³/mol. The summed E-state index contributed by atoms with van der Waals surface area (Å²) in [5.41, 5.74) is -0.716. The Kier molecular flexibility index (Phi) is 3.84. The second-order valence-corrected chi connectivity index (χ2v) is 4.15. The topological polar surface area (TPSA) is 96.5 Å². The monoisotopic (exact) mass is 291 g/mol. The van der Waals surface area contributed by atoms with Crippen LogP contribution in [0, 0.1) is 5.82 Å². The number of halogens is 1. The van der Waals surface area contributed by atoms with Crippen molar-refractivity contribution in [1.29, 1.82) is 0 Å². The maximum Gasteiger partial charge on any atom is 0.337 e. The molecule has 0 spiro atoms. The lowest BCUT2D eigenvalue weighted by Crippen LogP contribution is -2.11. The van der Waals surface area contributed by atoms with Crippen LogP contribution in [0.1, 0.15) is 20.7 Å². The van der Waals surface area contributed by atoms with E-state index in [4.69, 9.17) is 5.11 Å². The van der Waals surface area contributed by atoms with Gasteiger partial charge in [0.05, 0.1) is 18.2 Å². The van der Waals surface area contributed by atoms with Gasteiger partial charge < -0.3 is 14.8 Å². The summed E-state index contributed by atoms with van der Waals surface area (Å²) in [5.74, 6) is -2.81.